The normalized spacial score (nSPS) is 23.8. The predicted octanol–water partition coefficient (Wildman–Crippen LogP) is 4.57. The van der Waals surface area contributed by atoms with Gasteiger partial charge in [0.2, 0.25) is 11.8 Å². The summed E-state index contributed by atoms with van der Waals surface area (Å²) in [6.07, 6.45) is 1.63. The number of carbonyl (C=O) groups is 2. The molecule has 6 nitrogen and oxygen atoms in total. The third-order valence-corrected chi connectivity index (χ3v) is 7.56. The monoisotopic (exact) mass is 545 g/mol. The zero-order chi connectivity index (χ0) is 24.9. The largest absolute Gasteiger partial charge is 0.378 e. The maximum absolute atomic E-state index is 13.9. The minimum Gasteiger partial charge on any atom is -0.378 e. The average Bonchev–Trinajstić information content (AvgIpc) is 2.90. The smallest absolute Gasteiger partial charge is 0.244 e. The second kappa shape index (κ2) is 11.2. The Morgan fingerprint density at radius 1 is 0.861 bits per heavy atom. The summed E-state index contributed by atoms with van der Waals surface area (Å²) in [5, 5.41) is 4.24. The fourth-order valence-corrected chi connectivity index (χ4v) is 5.80. The zero-order valence-electron chi connectivity index (χ0n) is 19.8. The summed E-state index contributed by atoms with van der Waals surface area (Å²) in [5.74, 6) is -1.35. The highest BCUT2D eigenvalue weighted by molar-refractivity contribution is 9.10. The Morgan fingerprint density at radius 3 is 2.06 bits per heavy atom. The number of morpholine rings is 1. The summed E-state index contributed by atoms with van der Waals surface area (Å²) in [6, 6.07) is 27.5. The Morgan fingerprint density at radius 2 is 1.47 bits per heavy atom. The van der Waals surface area contributed by atoms with Crippen molar-refractivity contribution in [1.29, 1.82) is 0 Å². The van der Waals surface area contributed by atoms with E-state index in [1.54, 1.807) is 6.21 Å². The third kappa shape index (κ3) is 5.13. The van der Waals surface area contributed by atoms with E-state index in [1.165, 1.54) is 0 Å². The fourth-order valence-electron chi connectivity index (χ4n) is 5.39. The number of rotatable bonds is 6. The quantitative estimate of drug-likeness (QED) is 0.364. The average molecular weight is 546 g/mol. The summed E-state index contributed by atoms with van der Waals surface area (Å²) >= 11 is 3.45. The third-order valence-electron chi connectivity index (χ3n) is 7.06. The Labute approximate surface area is 219 Å². The highest BCUT2D eigenvalue weighted by Crippen LogP contribution is 2.58. The van der Waals surface area contributed by atoms with Crippen LogP contribution in [-0.4, -0.2) is 49.2 Å². The van der Waals surface area contributed by atoms with Crippen LogP contribution in [0.5, 0.6) is 0 Å². The second-order valence-corrected chi connectivity index (χ2v) is 10.1. The molecule has 3 aromatic rings. The van der Waals surface area contributed by atoms with Crippen LogP contribution in [0.25, 0.3) is 0 Å². The molecule has 3 aromatic carbocycles. The molecule has 2 atom stereocenters. The first kappa shape index (κ1) is 24.4. The number of nitrogens with zero attached hydrogens (tertiary/aromatic N) is 2. The van der Waals surface area contributed by atoms with Crippen LogP contribution in [0.4, 0.5) is 0 Å². The Kier molecular flexibility index (Phi) is 7.58. The van der Waals surface area contributed by atoms with Crippen molar-refractivity contribution >= 4 is 34.0 Å². The Balaban J connectivity index is 1.46. The lowest BCUT2D eigenvalue weighted by Crippen LogP contribution is -2.57. The van der Waals surface area contributed by atoms with Gasteiger partial charge >= 0.3 is 0 Å². The molecule has 2 aliphatic rings. The van der Waals surface area contributed by atoms with E-state index in [9.17, 15) is 9.59 Å². The minimum atomic E-state index is -0.426. The molecule has 5 rings (SSSR count). The summed E-state index contributed by atoms with van der Waals surface area (Å²) < 4.78 is 6.41. The molecule has 36 heavy (non-hydrogen) atoms. The molecule has 0 bridgehead atoms. The van der Waals surface area contributed by atoms with Gasteiger partial charge < -0.3 is 9.64 Å². The maximum atomic E-state index is 13.9. The van der Waals surface area contributed by atoms with Gasteiger partial charge in [0.25, 0.3) is 0 Å². The van der Waals surface area contributed by atoms with Crippen LogP contribution in [0.15, 0.2) is 94.5 Å². The van der Waals surface area contributed by atoms with Gasteiger partial charge in [-0.05, 0) is 28.8 Å². The molecule has 1 saturated carbocycles. The molecule has 1 saturated heterocycles. The number of nitrogens with one attached hydrogen (secondary N) is 1. The lowest BCUT2D eigenvalue weighted by Gasteiger charge is -2.52. The van der Waals surface area contributed by atoms with Gasteiger partial charge in [0, 0.05) is 29.4 Å². The van der Waals surface area contributed by atoms with Crippen molar-refractivity contribution < 1.29 is 14.3 Å². The molecule has 0 spiro atoms. The maximum Gasteiger partial charge on any atom is 0.244 e. The van der Waals surface area contributed by atoms with E-state index < -0.39 is 5.92 Å². The molecule has 0 aromatic heterocycles. The molecule has 184 valence electrons. The molecule has 0 radical (unpaired) electrons. The van der Waals surface area contributed by atoms with Gasteiger partial charge in [0.15, 0.2) is 0 Å². The number of hydrogen-bond acceptors (Lipinski definition) is 4. The van der Waals surface area contributed by atoms with Gasteiger partial charge in [-0.2, -0.15) is 5.10 Å². The van der Waals surface area contributed by atoms with Gasteiger partial charge in [0.05, 0.1) is 31.3 Å². The molecule has 1 aliphatic heterocycles. The van der Waals surface area contributed by atoms with Crippen molar-refractivity contribution in [2.45, 2.75) is 11.8 Å². The minimum absolute atomic E-state index is 0.0858. The summed E-state index contributed by atoms with van der Waals surface area (Å²) in [5.41, 5.74) is 5.62. The van der Waals surface area contributed by atoms with Crippen LogP contribution in [0.1, 0.15) is 28.5 Å². The molecular formula is C29H28BrN3O3. The summed E-state index contributed by atoms with van der Waals surface area (Å²) in [6.45, 7) is 2.23. The predicted molar refractivity (Wildman–Crippen MR) is 143 cm³/mol. The van der Waals surface area contributed by atoms with Gasteiger partial charge in [0.1, 0.15) is 0 Å². The van der Waals surface area contributed by atoms with Gasteiger partial charge in [-0.15, -0.1) is 0 Å². The fraction of sp³-hybridized carbons (Fsp3) is 0.276. The van der Waals surface area contributed by atoms with E-state index in [0.717, 1.165) is 21.2 Å². The van der Waals surface area contributed by atoms with Crippen LogP contribution in [0.2, 0.25) is 0 Å². The lowest BCUT2D eigenvalue weighted by atomic mass is 9.51. The van der Waals surface area contributed by atoms with Crippen LogP contribution in [0.3, 0.4) is 0 Å². The van der Waals surface area contributed by atoms with Gasteiger partial charge in [-0.25, -0.2) is 5.43 Å². The number of hydrogen-bond donors (Lipinski definition) is 1. The van der Waals surface area contributed by atoms with Crippen molar-refractivity contribution in [3.8, 4) is 0 Å². The Bertz CT molecular complexity index is 1180. The van der Waals surface area contributed by atoms with Crippen molar-refractivity contribution in [3.05, 3.63) is 106 Å². The molecule has 1 aliphatic carbocycles. The first-order chi connectivity index (χ1) is 17.6. The van der Waals surface area contributed by atoms with Crippen LogP contribution < -0.4 is 5.43 Å². The van der Waals surface area contributed by atoms with Crippen LogP contribution >= 0.6 is 15.9 Å². The summed E-state index contributed by atoms with van der Waals surface area (Å²) in [4.78, 5) is 29.4. The van der Waals surface area contributed by atoms with E-state index in [4.69, 9.17) is 4.74 Å². The second-order valence-electron chi connectivity index (χ2n) is 9.15. The van der Waals surface area contributed by atoms with E-state index in [2.05, 4.69) is 26.5 Å². The standard InChI is InChI=1S/C29H28BrN3O3/c30-23-13-7-8-20(18-23)19-31-32-28(34)26-24(21-9-3-1-4-10-21)27(25(26)22-11-5-2-6-12-22)29(35)33-14-16-36-17-15-33/h1-13,18-19,24-27H,14-17H2,(H,32,34)/b31-19-/t24-,25-,26?,27?/m0/s1. The highest BCUT2D eigenvalue weighted by Gasteiger charge is 2.58. The number of benzene rings is 3. The SMILES string of the molecule is O=C(N/N=C\c1cccc(Br)c1)C1[C@H](c2ccccc2)C(C(=O)N2CCOCC2)[C@H]1c1ccccc1. The number of ether oxygens (including phenoxy) is 1. The number of amides is 2. The van der Waals surface area contributed by atoms with E-state index in [-0.39, 0.29) is 29.6 Å². The molecule has 1 heterocycles. The van der Waals surface area contributed by atoms with Crippen molar-refractivity contribution in [2.75, 3.05) is 26.3 Å². The van der Waals surface area contributed by atoms with Gasteiger partial charge in [-0.3, -0.25) is 9.59 Å². The summed E-state index contributed by atoms with van der Waals surface area (Å²) in [7, 11) is 0. The highest BCUT2D eigenvalue weighted by atomic mass is 79.9. The number of carbonyl (C=O) groups excluding carboxylic acids is 2. The zero-order valence-corrected chi connectivity index (χ0v) is 21.4. The molecular weight excluding hydrogens is 518 g/mol. The van der Waals surface area contributed by atoms with Crippen molar-refractivity contribution in [1.82, 2.24) is 10.3 Å². The first-order valence-electron chi connectivity index (χ1n) is 12.2. The first-order valence-corrected chi connectivity index (χ1v) is 13.0. The lowest BCUT2D eigenvalue weighted by molar-refractivity contribution is -0.151. The van der Waals surface area contributed by atoms with E-state index in [1.807, 2.05) is 89.8 Å². The molecule has 7 heteroatoms. The number of hydrazone groups is 1. The molecule has 1 N–H and O–H groups in total. The van der Waals surface area contributed by atoms with Crippen LogP contribution in [-0.2, 0) is 14.3 Å². The van der Waals surface area contributed by atoms with Crippen molar-refractivity contribution in [2.24, 2.45) is 16.9 Å². The number of halogens is 1. The van der Waals surface area contributed by atoms with E-state index >= 15 is 0 Å². The Hall–Kier alpha value is -3.29. The topological polar surface area (TPSA) is 71.0 Å². The van der Waals surface area contributed by atoms with Crippen molar-refractivity contribution in [3.63, 3.8) is 0 Å². The van der Waals surface area contributed by atoms with Gasteiger partial charge in [-0.1, -0.05) is 88.7 Å². The van der Waals surface area contributed by atoms with E-state index in [0.29, 0.717) is 26.3 Å². The molecule has 2 fully saturated rings. The molecule has 0 unspecified atom stereocenters. The molecule has 2 amide bonds. The van der Waals surface area contributed by atoms with Crippen LogP contribution in [0, 0.1) is 11.8 Å².